The van der Waals surface area contributed by atoms with Gasteiger partial charge in [0.2, 0.25) is 0 Å². The Kier molecular flexibility index (Phi) is 5.76. The van der Waals surface area contributed by atoms with Gasteiger partial charge >= 0.3 is 5.97 Å². The Morgan fingerprint density at radius 2 is 2.16 bits per heavy atom. The number of carboxylic acids is 1. The molecule has 6 heteroatoms. The SMILES string of the molecule is CCC(CNC(=O)c1cc(C)nc(Cl)c1)CC(=O)O. The average molecular weight is 285 g/mol. The molecule has 5 nitrogen and oxygen atoms in total. The number of hydrogen-bond donors (Lipinski definition) is 2. The summed E-state index contributed by atoms with van der Waals surface area (Å²) in [7, 11) is 0. The van der Waals surface area contributed by atoms with Gasteiger partial charge in [-0.3, -0.25) is 9.59 Å². The van der Waals surface area contributed by atoms with E-state index in [1.807, 2.05) is 6.92 Å². The fourth-order valence-electron chi connectivity index (χ4n) is 1.71. The lowest BCUT2D eigenvalue weighted by Gasteiger charge is -2.13. The highest BCUT2D eigenvalue weighted by atomic mass is 35.5. The Balaban J connectivity index is 2.61. The quantitative estimate of drug-likeness (QED) is 0.786. The standard InChI is InChI=1S/C13H17ClN2O3/c1-3-9(5-12(17)18)7-15-13(19)10-4-8(2)16-11(14)6-10/h4,6,9H,3,5,7H2,1-2H3,(H,15,19)(H,17,18). The van der Waals surface area contributed by atoms with Gasteiger partial charge < -0.3 is 10.4 Å². The van der Waals surface area contributed by atoms with Crippen LogP contribution in [0.15, 0.2) is 12.1 Å². The predicted octanol–water partition coefficient (Wildman–Crippen LogP) is 2.27. The summed E-state index contributed by atoms with van der Waals surface area (Å²) in [6, 6.07) is 3.13. The van der Waals surface area contributed by atoms with Gasteiger partial charge in [-0.05, 0) is 25.0 Å². The minimum absolute atomic E-state index is 0.0485. The van der Waals surface area contributed by atoms with Gasteiger partial charge in [0.1, 0.15) is 5.15 Å². The molecule has 1 heterocycles. The van der Waals surface area contributed by atoms with Gasteiger partial charge in [-0.25, -0.2) is 4.98 Å². The molecule has 0 bridgehead atoms. The van der Waals surface area contributed by atoms with Crippen molar-refractivity contribution in [3.05, 3.63) is 28.5 Å². The molecule has 0 aliphatic rings. The molecule has 0 saturated carbocycles. The van der Waals surface area contributed by atoms with Gasteiger partial charge in [-0.15, -0.1) is 0 Å². The van der Waals surface area contributed by atoms with Crippen molar-refractivity contribution < 1.29 is 14.7 Å². The molecule has 0 spiro atoms. The van der Waals surface area contributed by atoms with E-state index >= 15 is 0 Å². The van der Waals surface area contributed by atoms with Gasteiger partial charge in [0.15, 0.2) is 0 Å². The van der Waals surface area contributed by atoms with Crippen LogP contribution in [0.3, 0.4) is 0 Å². The van der Waals surface area contributed by atoms with Gasteiger partial charge in [-0.1, -0.05) is 24.9 Å². The first-order chi connectivity index (χ1) is 8.92. The number of halogens is 1. The number of aliphatic carboxylic acids is 1. The third-order valence-corrected chi connectivity index (χ3v) is 2.97. The second-order valence-electron chi connectivity index (χ2n) is 4.40. The number of carboxylic acid groups (broad SMARTS) is 1. The Hall–Kier alpha value is -1.62. The van der Waals surface area contributed by atoms with Crippen molar-refractivity contribution in [3.63, 3.8) is 0 Å². The number of carbonyl (C=O) groups excluding carboxylic acids is 1. The van der Waals surface area contributed by atoms with E-state index < -0.39 is 5.97 Å². The maximum Gasteiger partial charge on any atom is 0.303 e. The predicted molar refractivity (Wildman–Crippen MR) is 72.4 cm³/mol. The Morgan fingerprint density at radius 1 is 1.47 bits per heavy atom. The topological polar surface area (TPSA) is 79.3 Å². The number of nitrogens with zero attached hydrogens (tertiary/aromatic N) is 1. The Morgan fingerprint density at radius 3 is 2.68 bits per heavy atom. The minimum atomic E-state index is -0.858. The zero-order valence-corrected chi connectivity index (χ0v) is 11.7. The summed E-state index contributed by atoms with van der Waals surface area (Å²) in [5, 5.41) is 11.7. The normalized spacial score (nSPS) is 11.9. The maximum atomic E-state index is 11.9. The molecule has 0 aromatic carbocycles. The van der Waals surface area contributed by atoms with Crippen LogP contribution in [0.5, 0.6) is 0 Å². The number of aromatic nitrogens is 1. The van der Waals surface area contributed by atoms with E-state index in [4.69, 9.17) is 16.7 Å². The summed E-state index contributed by atoms with van der Waals surface area (Å²) in [6.45, 7) is 3.98. The molecule has 19 heavy (non-hydrogen) atoms. The van der Waals surface area contributed by atoms with Crippen LogP contribution in [0.25, 0.3) is 0 Å². The van der Waals surface area contributed by atoms with Crippen molar-refractivity contribution in [3.8, 4) is 0 Å². The van der Waals surface area contributed by atoms with E-state index in [2.05, 4.69) is 10.3 Å². The molecule has 0 aliphatic heterocycles. The molecule has 0 fully saturated rings. The highest BCUT2D eigenvalue weighted by molar-refractivity contribution is 6.29. The number of hydrogen-bond acceptors (Lipinski definition) is 3. The van der Waals surface area contributed by atoms with Crippen molar-refractivity contribution >= 4 is 23.5 Å². The van der Waals surface area contributed by atoms with Crippen molar-refractivity contribution in [2.45, 2.75) is 26.7 Å². The summed E-state index contributed by atoms with van der Waals surface area (Å²) < 4.78 is 0. The first-order valence-electron chi connectivity index (χ1n) is 6.06. The van der Waals surface area contributed by atoms with Crippen molar-refractivity contribution in [2.24, 2.45) is 5.92 Å². The van der Waals surface area contributed by atoms with E-state index in [1.54, 1.807) is 13.0 Å². The zero-order valence-electron chi connectivity index (χ0n) is 10.9. The summed E-state index contributed by atoms with van der Waals surface area (Å²) in [5.41, 5.74) is 1.10. The number of pyridine rings is 1. The van der Waals surface area contributed by atoms with Gasteiger partial charge in [0, 0.05) is 24.2 Å². The lowest BCUT2D eigenvalue weighted by molar-refractivity contribution is -0.138. The van der Waals surface area contributed by atoms with E-state index in [9.17, 15) is 9.59 Å². The molecule has 1 rings (SSSR count). The van der Waals surface area contributed by atoms with Crippen molar-refractivity contribution in [1.82, 2.24) is 10.3 Å². The highest BCUT2D eigenvalue weighted by Crippen LogP contribution is 2.11. The Bertz CT molecular complexity index is 457. The van der Waals surface area contributed by atoms with Gasteiger partial charge in [-0.2, -0.15) is 0 Å². The third-order valence-electron chi connectivity index (χ3n) is 2.78. The molecule has 0 aliphatic carbocycles. The molecule has 104 valence electrons. The van der Waals surface area contributed by atoms with Crippen LogP contribution >= 0.6 is 11.6 Å². The molecule has 0 saturated heterocycles. The van der Waals surface area contributed by atoms with Gasteiger partial charge in [0.05, 0.1) is 0 Å². The summed E-state index contributed by atoms with van der Waals surface area (Å²) >= 11 is 5.78. The molecule has 2 N–H and O–H groups in total. The molecule has 1 aromatic rings. The van der Waals surface area contributed by atoms with Crippen LogP contribution in [-0.2, 0) is 4.79 Å². The highest BCUT2D eigenvalue weighted by Gasteiger charge is 2.14. The monoisotopic (exact) mass is 284 g/mol. The molecular formula is C13H17ClN2O3. The number of carbonyl (C=O) groups is 2. The second kappa shape index (κ2) is 7.09. The summed E-state index contributed by atoms with van der Waals surface area (Å²) in [5.74, 6) is -1.19. The van der Waals surface area contributed by atoms with Crippen LogP contribution in [0.2, 0.25) is 5.15 Å². The van der Waals surface area contributed by atoms with Crippen LogP contribution in [0, 0.1) is 12.8 Å². The first-order valence-corrected chi connectivity index (χ1v) is 6.44. The smallest absolute Gasteiger partial charge is 0.303 e. The lowest BCUT2D eigenvalue weighted by Crippen LogP contribution is -2.30. The molecule has 1 amide bonds. The van der Waals surface area contributed by atoms with Gasteiger partial charge in [0.25, 0.3) is 5.91 Å². The number of aryl methyl sites for hydroxylation is 1. The Labute approximate surface area is 117 Å². The molecule has 1 aromatic heterocycles. The molecule has 0 radical (unpaired) electrons. The van der Waals surface area contributed by atoms with Crippen molar-refractivity contribution in [2.75, 3.05) is 6.54 Å². The first kappa shape index (κ1) is 15.4. The molecular weight excluding hydrogens is 268 g/mol. The minimum Gasteiger partial charge on any atom is -0.481 e. The van der Waals surface area contributed by atoms with Crippen LogP contribution in [0.4, 0.5) is 0 Å². The maximum absolute atomic E-state index is 11.9. The number of amides is 1. The molecule has 1 unspecified atom stereocenters. The zero-order chi connectivity index (χ0) is 14.4. The molecule has 1 atom stereocenters. The van der Waals surface area contributed by atoms with E-state index in [0.29, 0.717) is 24.2 Å². The van der Waals surface area contributed by atoms with E-state index in [0.717, 1.165) is 0 Å². The van der Waals surface area contributed by atoms with Crippen LogP contribution in [-0.4, -0.2) is 28.5 Å². The summed E-state index contributed by atoms with van der Waals surface area (Å²) in [4.78, 5) is 26.5. The number of nitrogens with one attached hydrogen (secondary N) is 1. The fraction of sp³-hybridized carbons (Fsp3) is 0.462. The van der Waals surface area contributed by atoms with Crippen LogP contribution in [0.1, 0.15) is 35.8 Å². The second-order valence-corrected chi connectivity index (χ2v) is 4.79. The third kappa shape index (κ3) is 5.26. The summed E-state index contributed by atoms with van der Waals surface area (Å²) in [6.07, 6.45) is 0.746. The average Bonchev–Trinajstić information content (AvgIpc) is 2.32. The van der Waals surface area contributed by atoms with E-state index in [-0.39, 0.29) is 23.4 Å². The fourth-order valence-corrected chi connectivity index (χ4v) is 1.96. The lowest BCUT2D eigenvalue weighted by atomic mass is 10.0. The number of rotatable bonds is 6. The van der Waals surface area contributed by atoms with Crippen LogP contribution < -0.4 is 5.32 Å². The van der Waals surface area contributed by atoms with E-state index in [1.165, 1.54) is 6.07 Å². The van der Waals surface area contributed by atoms with Crippen molar-refractivity contribution in [1.29, 1.82) is 0 Å². The largest absolute Gasteiger partial charge is 0.481 e.